The molecule has 0 atom stereocenters. The molecule has 1 aliphatic heterocycles. The minimum atomic E-state index is -3.50. The quantitative estimate of drug-likeness (QED) is 0.846. The summed E-state index contributed by atoms with van der Waals surface area (Å²) in [5, 5.41) is 0. The van der Waals surface area contributed by atoms with Crippen molar-refractivity contribution in [2.75, 3.05) is 27.3 Å². The van der Waals surface area contributed by atoms with Gasteiger partial charge in [-0.05, 0) is 31.4 Å². The van der Waals surface area contributed by atoms with Gasteiger partial charge in [0.2, 0.25) is 10.0 Å². The summed E-state index contributed by atoms with van der Waals surface area (Å²) in [5.41, 5.74) is 0.847. The Kier molecular flexibility index (Phi) is 4.01. The van der Waals surface area contributed by atoms with E-state index < -0.39 is 10.0 Å². The third-order valence-electron chi connectivity index (χ3n) is 3.36. The first-order valence-corrected chi connectivity index (χ1v) is 7.67. The van der Waals surface area contributed by atoms with Crippen molar-refractivity contribution in [3.05, 3.63) is 17.7 Å². The number of aryl methyl sites for hydroxylation is 1. The lowest BCUT2D eigenvalue weighted by Gasteiger charge is -2.19. The highest BCUT2D eigenvalue weighted by molar-refractivity contribution is 7.89. The molecule has 0 aliphatic carbocycles. The molecule has 0 saturated carbocycles. The number of ether oxygens (including phenoxy) is 2. The summed E-state index contributed by atoms with van der Waals surface area (Å²) in [4.78, 5) is 0.180. The van der Waals surface area contributed by atoms with Gasteiger partial charge in [0.05, 0.1) is 14.2 Å². The van der Waals surface area contributed by atoms with Crippen molar-refractivity contribution in [1.29, 1.82) is 0 Å². The standard InChI is InChI=1S/C13H19NO4S/c1-10-8-12(18-3)13(9-11(10)17-2)19(15,16)14-6-4-5-7-14/h8-9H,4-7H2,1-3H3. The molecular weight excluding hydrogens is 266 g/mol. The van der Waals surface area contributed by atoms with E-state index >= 15 is 0 Å². The SMILES string of the molecule is COc1cc(S(=O)(=O)N2CCCC2)c(OC)cc1C. The van der Waals surface area contributed by atoms with Crippen LogP contribution in [0.5, 0.6) is 11.5 Å². The second kappa shape index (κ2) is 5.38. The molecule has 1 heterocycles. The summed E-state index contributed by atoms with van der Waals surface area (Å²) >= 11 is 0. The lowest BCUT2D eigenvalue weighted by atomic mass is 10.2. The van der Waals surface area contributed by atoms with Gasteiger partial charge in [-0.15, -0.1) is 0 Å². The highest BCUT2D eigenvalue weighted by atomic mass is 32.2. The lowest BCUT2D eigenvalue weighted by Crippen LogP contribution is -2.28. The van der Waals surface area contributed by atoms with Gasteiger partial charge in [-0.25, -0.2) is 8.42 Å². The van der Waals surface area contributed by atoms with Crippen LogP contribution in [0.1, 0.15) is 18.4 Å². The van der Waals surface area contributed by atoms with Crippen molar-refractivity contribution in [3.63, 3.8) is 0 Å². The number of hydrogen-bond acceptors (Lipinski definition) is 4. The van der Waals surface area contributed by atoms with Crippen LogP contribution >= 0.6 is 0 Å². The molecule has 0 aromatic heterocycles. The molecule has 0 amide bonds. The Bertz CT molecular complexity index is 562. The molecule has 106 valence electrons. The van der Waals surface area contributed by atoms with Gasteiger partial charge in [0, 0.05) is 19.2 Å². The maximum atomic E-state index is 12.6. The molecule has 0 bridgehead atoms. The van der Waals surface area contributed by atoms with Crippen LogP contribution in [0.3, 0.4) is 0 Å². The van der Waals surface area contributed by atoms with E-state index in [1.54, 1.807) is 12.1 Å². The van der Waals surface area contributed by atoms with Crippen molar-refractivity contribution in [2.45, 2.75) is 24.7 Å². The molecule has 1 saturated heterocycles. The smallest absolute Gasteiger partial charge is 0.246 e. The summed E-state index contributed by atoms with van der Waals surface area (Å²) in [6.45, 7) is 3.00. The fraction of sp³-hybridized carbons (Fsp3) is 0.538. The minimum Gasteiger partial charge on any atom is -0.496 e. The zero-order chi connectivity index (χ0) is 14.0. The molecule has 0 unspecified atom stereocenters. The zero-order valence-electron chi connectivity index (χ0n) is 11.5. The van der Waals surface area contributed by atoms with E-state index in [0.717, 1.165) is 18.4 Å². The monoisotopic (exact) mass is 285 g/mol. The molecule has 2 rings (SSSR count). The Morgan fingerprint density at radius 2 is 1.63 bits per heavy atom. The van der Waals surface area contributed by atoms with E-state index in [1.807, 2.05) is 6.92 Å². The first kappa shape index (κ1) is 14.1. The van der Waals surface area contributed by atoms with E-state index in [2.05, 4.69) is 0 Å². The van der Waals surface area contributed by atoms with Crippen LogP contribution in [-0.4, -0.2) is 40.0 Å². The molecule has 1 aromatic rings. The van der Waals surface area contributed by atoms with Crippen LogP contribution in [0.2, 0.25) is 0 Å². The molecule has 6 heteroatoms. The Hall–Kier alpha value is -1.27. The summed E-state index contributed by atoms with van der Waals surface area (Å²) in [6, 6.07) is 3.24. The number of nitrogens with zero attached hydrogens (tertiary/aromatic N) is 1. The largest absolute Gasteiger partial charge is 0.496 e. The van der Waals surface area contributed by atoms with E-state index in [1.165, 1.54) is 18.5 Å². The van der Waals surface area contributed by atoms with Gasteiger partial charge < -0.3 is 9.47 Å². The predicted octanol–water partition coefficient (Wildman–Crippen LogP) is 1.80. The summed E-state index contributed by atoms with van der Waals surface area (Å²) in [7, 11) is -0.497. The zero-order valence-corrected chi connectivity index (χ0v) is 12.3. The van der Waals surface area contributed by atoms with Crippen LogP contribution in [-0.2, 0) is 10.0 Å². The van der Waals surface area contributed by atoms with E-state index in [9.17, 15) is 8.42 Å². The van der Waals surface area contributed by atoms with Gasteiger partial charge in [-0.1, -0.05) is 0 Å². The third-order valence-corrected chi connectivity index (χ3v) is 5.28. The fourth-order valence-corrected chi connectivity index (χ4v) is 3.96. The average molecular weight is 285 g/mol. The molecule has 0 N–H and O–H groups in total. The second-order valence-corrected chi connectivity index (χ2v) is 6.49. The van der Waals surface area contributed by atoms with Crippen molar-refractivity contribution >= 4 is 10.0 Å². The number of sulfonamides is 1. The molecule has 1 fully saturated rings. The highest BCUT2D eigenvalue weighted by Gasteiger charge is 2.30. The Labute approximate surface area is 114 Å². The van der Waals surface area contributed by atoms with Gasteiger partial charge in [0.1, 0.15) is 16.4 Å². The van der Waals surface area contributed by atoms with Crippen LogP contribution in [0, 0.1) is 6.92 Å². The third kappa shape index (κ3) is 2.55. The van der Waals surface area contributed by atoms with Crippen LogP contribution in [0.15, 0.2) is 17.0 Å². The maximum Gasteiger partial charge on any atom is 0.246 e. The van der Waals surface area contributed by atoms with Crippen molar-refractivity contribution in [1.82, 2.24) is 4.31 Å². The van der Waals surface area contributed by atoms with Gasteiger partial charge in [-0.3, -0.25) is 0 Å². The van der Waals surface area contributed by atoms with Gasteiger partial charge in [0.25, 0.3) is 0 Å². The Morgan fingerprint density at radius 1 is 1.05 bits per heavy atom. The molecule has 1 aliphatic rings. The van der Waals surface area contributed by atoms with Gasteiger partial charge in [-0.2, -0.15) is 4.31 Å². The van der Waals surface area contributed by atoms with Crippen LogP contribution in [0.25, 0.3) is 0 Å². The topological polar surface area (TPSA) is 55.8 Å². The van der Waals surface area contributed by atoms with E-state index in [-0.39, 0.29) is 4.90 Å². The van der Waals surface area contributed by atoms with Gasteiger partial charge >= 0.3 is 0 Å². The Balaban J connectivity index is 2.53. The van der Waals surface area contributed by atoms with Gasteiger partial charge in [0.15, 0.2) is 0 Å². The molecule has 0 radical (unpaired) electrons. The van der Waals surface area contributed by atoms with Crippen molar-refractivity contribution in [3.8, 4) is 11.5 Å². The minimum absolute atomic E-state index is 0.180. The summed E-state index contributed by atoms with van der Waals surface area (Å²) in [5.74, 6) is 0.920. The molecule has 0 spiro atoms. The molecule has 1 aromatic carbocycles. The number of methoxy groups -OCH3 is 2. The normalized spacial score (nSPS) is 16.6. The average Bonchev–Trinajstić information content (AvgIpc) is 2.92. The van der Waals surface area contributed by atoms with Crippen LogP contribution < -0.4 is 9.47 Å². The number of hydrogen-bond donors (Lipinski definition) is 0. The Morgan fingerprint density at radius 3 is 2.16 bits per heavy atom. The highest BCUT2D eigenvalue weighted by Crippen LogP contribution is 2.34. The fourth-order valence-electron chi connectivity index (χ4n) is 2.29. The predicted molar refractivity (Wildman–Crippen MR) is 72.3 cm³/mol. The molecule has 5 nitrogen and oxygen atoms in total. The summed E-state index contributed by atoms with van der Waals surface area (Å²) < 4.78 is 37.1. The maximum absolute atomic E-state index is 12.6. The van der Waals surface area contributed by atoms with Crippen molar-refractivity contribution in [2.24, 2.45) is 0 Å². The van der Waals surface area contributed by atoms with Crippen molar-refractivity contribution < 1.29 is 17.9 Å². The van der Waals surface area contributed by atoms with E-state index in [0.29, 0.717) is 24.6 Å². The number of benzene rings is 1. The molecular formula is C13H19NO4S. The molecule has 19 heavy (non-hydrogen) atoms. The van der Waals surface area contributed by atoms with Crippen LogP contribution in [0.4, 0.5) is 0 Å². The second-order valence-electron chi connectivity index (χ2n) is 4.58. The lowest BCUT2D eigenvalue weighted by molar-refractivity contribution is 0.386. The number of rotatable bonds is 4. The summed E-state index contributed by atoms with van der Waals surface area (Å²) in [6.07, 6.45) is 1.81. The first-order chi connectivity index (χ1) is 9.00. The first-order valence-electron chi connectivity index (χ1n) is 6.23. The van der Waals surface area contributed by atoms with E-state index in [4.69, 9.17) is 9.47 Å².